The third kappa shape index (κ3) is 2.76. The highest BCUT2D eigenvalue weighted by Crippen LogP contribution is 1.99. The summed E-state index contributed by atoms with van der Waals surface area (Å²) in [5.41, 5.74) is 0. The minimum absolute atomic E-state index is 0.0510. The predicted molar refractivity (Wildman–Crippen MR) is 54.4 cm³/mol. The van der Waals surface area contributed by atoms with Crippen LogP contribution in [0.3, 0.4) is 0 Å². The van der Waals surface area contributed by atoms with E-state index in [9.17, 15) is 4.79 Å². The van der Waals surface area contributed by atoms with Crippen molar-refractivity contribution in [1.29, 1.82) is 0 Å². The van der Waals surface area contributed by atoms with Crippen LogP contribution in [-0.2, 0) is 6.42 Å². The van der Waals surface area contributed by atoms with Crippen LogP contribution in [0.15, 0.2) is 0 Å². The van der Waals surface area contributed by atoms with E-state index in [-0.39, 0.29) is 18.3 Å². The number of aromatic nitrogens is 3. The van der Waals surface area contributed by atoms with Crippen molar-refractivity contribution in [3.63, 3.8) is 0 Å². The van der Waals surface area contributed by atoms with Gasteiger partial charge in [0, 0.05) is 19.5 Å². The van der Waals surface area contributed by atoms with Gasteiger partial charge in [-0.2, -0.15) is 0 Å². The van der Waals surface area contributed by atoms with Gasteiger partial charge in [0.15, 0.2) is 0 Å². The van der Waals surface area contributed by atoms with Gasteiger partial charge < -0.3 is 10.0 Å². The van der Waals surface area contributed by atoms with Gasteiger partial charge in [0.25, 0.3) is 5.91 Å². The van der Waals surface area contributed by atoms with Gasteiger partial charge in [0.05, 0.1) is 6.61 Å². The van der Waals surface area contributed by atoms with Crippen molar-refractivity contribution in [2.24, 2.45) is 0 Å². The smallest absolute Gasteiger partial charge is 0.293 e. The average Bonchev–Trinajstić information content (AvgIpc) is 2.73. The molecule has 2 N–H and O–H groups in total. The Labute approximate surface area is 88.3 Å². The second-order valence-corrected chi connectivity index (χ2v) is 3.07. The summed E-state index contributed by atoms with van der Waals surface area (Å²) in [5.74, 6) is 0.614. The quantitative estimate of drug-likeness (QED) is 0.709. The molecule has 0 spiro atoms. The summed E-state index contributed by atoms with van der Waals surface area (Å²) in [4.78, 5) is 17.3. The van der Waals surface area contributed by atoms with E-state index in [1.807, 2.05) is 13.8 Å². The lowest BCUT2D eigenvalue weighted by Gasteiger charge is -2.17. The molecule has 1 heterocycles. The Morgan fingerprint density at radius 1 is 1.53 bits per heavy atom. The van der Waals surface area contributed by atoms with Gasteiger partial charge >= 0.3 is 0 Å². The molecule has 0 saturated carbocycles. The van der Waals surface area contributed by atoms with E-state index in [2.05, 4.69) is 15.2 Å². The Hall–Kier alpha value is -1.43. The molecule has 6 nitrogen and oxygen atoms in total. The Kier molecular flexibility index (Phi) is 4.23. The number of H-pyrrole nitrogens is 1. The predicted octanol–water partition coefficient (Wildman–Crippen LogP) is -0.179. The van der Waals surface area contributed by atoms with Crippen LogP contribution in [0.4, 0.5) is 0 Å². The summed E-state index contributed by atoms with van der Waals surface area (Å²) in [7, 11) is 0. The zero-order valence-corrected chi connectivity index (χ0v) is 9.03. The van der Waals surface area contributed by atoms with Gasteiger partial charge in [-0.25, -0.2) is 4.98 Å². The molecule has 0 aliphatic carbocycles. The summed E-state index contributed by atoms with van der Waals surface area (Å²) in [6.07, 6.45) is 0.715. The van der Waals surface area contributed by atoms with Crippen molar-refractivity contribution in [3.05, 3.63) is 11.6 Å². The van der Waals surface area contributed by atoms with Gasteiger partial charge in [-0.15, -0.1) is 5.10 Å². The molecule has 15 heavy (non-hydrogen) atoms. The average molecular weight is 212 g/mol. The number of hydrogen-bond donors (Lipinski definition) is 2. The lowest BCUT2D eigenvalue weighted by atomic mass is 10.4. The lowest BCUT2D eigenvalue weighted by Crippen LogP contribution is -2.34. The molecule has 0 fully saturated rings. The molecule has 0 aromatic carbocycles. The van der Waals surface area contributed by atoms with Crippen molar-refractivity contribution in [1.82, 2.24) is 20.1 Å². The van der Waals surface area contributed by atoms with E-state index in [1.165, 1.54) is 4.90 Å². The monoisotopic (exact) mass is 212 g/mol. The highest BCUT2D eigenvalue weighted by Gasteiger charge is 2.17. The zero-order chi connectivity index (χ0) is 11.3. The standard InChI is InChI=1S/C9H16N4O2/c1-3-7-10-8(12-11-7)9(15)13(4-2)5-6-14/h14H,3-6H2,1-2H3,(H,10,11,12). The van der Waals surface area contributed by atoms with Crippen LogP contribution in [0.25, 0.3) is 0 Å². The first kappa shape index (κ1) is 11.6. The zero-order valence-electron chi connectivity index (χ0n) is 9.03. The van der Waals surface area contributed by atoms with Crippen LogP contribution in [0.1, 0.15) is 30.3 Å². The maximum absolute atomic E-state index is 11.8. The Morgan fingerprint density at radius 2 is 2.27 bits per heavy atom. The van der Waals surface area contributed by atoms with Crippen LogP contribution < -0.4 is 0 Å². The molecule has 84 valence electrons. The third-order valence-corrected chi connectivity index (χ3v) is 2.10. The summed E-state index contributed by atoms with van der Waals surface area (Å²) in [5, 5.41) is 15.3. The largest absolute Gasteiger partial charge is 0.395 e. The lowest BCUT2D eigenvalue weighted by molar-refractivity contribution is 0.0720. The Balaban J connectivity index is 2.73. The van der Waals surface area contributed by atoms with E-state index in [1.54, 1.807) is 0 Å². The normalized spacial score (nSPS) is 10.3. The van der Waals surface area contributed by atoms with E-state index in [0.717, 1.165) is 0 Å². The summed E-state index contributed by atoms with van der Waals surface area (Å²) in [6, 6.07) is 0. The summed E-state index contributed by atoms with van der Waals surface area (Å²) >= 11 is 0. The van der Waals surface area contributed by atoms with Crippen LogP contribution in [0.5, 0.6) is 0 Å². The SMILES string of the molecule is CCc1nc(C(=O)N(CC)CCO)n[nH]1. The second-order valence-electron chi connectivity index (χ2n) is 3.07. The highest BCUT2D eigenvalue weighted by atomic mass is 16.3. The van der Waals surface area contributed by atoms with Gasteiger partial charge in [0.1, 0.15) is 5.82 Å². The minimum Gasteiger partial charge on any atom is -0.395 e. The fraction of sp³-hybridized carbons (Fsp3) is 0.667. The van der Waals surface area contributed by atoms with Gasteiger partial charge in [-0.05, 0) is 6.92 Å². The minimum atomic E-state index is -0.248. The number of aromatic amines is 1. The van der Waals surface area contributed by atoms with Gasteiger partial charge in [0.2, 0.25) is 5.82 Å². The van der Waals surface area contributed by atoms with Crippen LogP contribution in [-0.4, -0.2) is 50.8 Å². The number of rotatable bonds is 5. The molecule has 0 saturated heterocycles. The van der Waals surface area contributed by atoms with Crippen molar-refractivity contribution in [3.8, 4) is 0 Å². The van der Waals surface area contributed by atoms with Crippen LogP contribution in [0, 0.1) is 0 Å². The maximum Gasteiger partial charge on any atom is 0.293 e. The molecule has 1 rings (SSSR count). The Morgan fingerprint density at radius 3 is 2.73 bits per heavy atom. The Bertz CT molecular complexity index is 324. The number of aliphatic hydroxyl groups is 1. The first-order valence-corrected chi connectivity index (χ1v) is 5.04. The van der Waals surface area contributed by atoms with Gasteiger partial charge in [-0.3, -0.25) is 9.89 Å². The number of aliphatic hydroxyl groups excluding tert-OH is 1. The maximum atomic E-state index is 11.8. The number of likely N-dealkylation sites (N-methyl/N-ethyl adjacent to an activating group) is 1. The number of nitrogens with one attached hydrogen (secondary N) is 1. The van der Waals surface area contributed by atoms with E-state index in [4.69, 9.17) is 5.11 Å². The molecule has 1 aromatic rings. The first-order chi connectivity index (χ1) is 7.22. The number of carbonyl (C=O) groups excluding carboxylic acids is 1. The molecule has 0 radical (unpaired) electrons. The molecule has 1 aromatic heterocycles. The molecule has 0 atom stereocenters. The van der Waals surface area contributed by atoms with E-state index < -0.39 is 0 Å². The first-order valence-electron chi connectivity index (χ1n) is 5.04. The summed E-state index contributed by atoms with van der Waals surface area (Å²) < 4.78 is 0. The van der Waals surface area contributed by atoms with Crippen molar-refractivity contribution >= 4 is 5.91 Å². The molecular weight excluding hydrogens is 196 g/mol. The number of carbonyl (C=O) groups is 1. The van der Waals surface area contributed by atoms with Crippen molar-refractivity contribution in [2.45, 2.75) is 20.3 Å². The molecule has 6 heteroatoms. The molecular formula is C9H16N4O2. The molecule has 1 amide bonds. The second kappa shape index (κ2) is 5.45. The van der Waals surface area contributed by atoms with Crippen molar-refractivity contribution < 1.29 is 9.90 Å². The number of aryl methyl sites for hydroxylation is 1. The third-order valence-electron chi connectivity index (χ3n) is 2.10. The fourth-order valence-electron chi connectivity index (χ4n) is 1.21. The molecule has 0 aliphatic heterocycles. The molecule has 0 aliphatic rings. The number of nitrogens with zero attached hydrogens (tertiary/aromatic N) is 3. The fourth-order valence-corrected chi connectivity index (χ4v) is 1.21. The van der Waals surface area contributed by atoms with Crippen LogP contribution >= 0.6 is 0 Å². The number of hydrogen-bond acceptors (Lipinski definition) is 4. The van der Waals surface area contributed by atoms with Crippen LogP contribution in [0.2, 0.25) is 0 Å². The highest BCUT2D eigenvalue weighted by molar-refractivity contribution is 5.90. The van der Waals surface area contributed by atoms with Gasteiger partial charge in [-0.1, -0.05) is 6.92 Å². The molecule has 0 unspecified atom stereocenters. The van der Waals surface area contributed by atoms with E-state index >= 15 is 0 Å². The topological polar surface area (TPSA) is 82.1 Å². The number of amides is 1. The molecule has 0 bridgehead atoms. The van der Waals surface area contributed by atoms with E-state index in [0.29, 0.717) is 25.3 Å². The summed E-state index contributed by atoms with van der Waals surface area (Å²) in [6.45, 7) is 4.58. The van der Waals surface area contributed by atoms with Crippen molar-refractivity contribution in [2.75, 3.05) is 19.7 Å².